The molecule has 3 rings (SSSR count). The number of halogens is 1. The van der Waals surface area contributed by atoms with Crippen molar-refractivity contribution in [3.63, 3.8) is 0 Å². The molecule has 160 valence electrons. The number of benzene rings is 2. The number of ether oxygens (including phenoxy) is 1. The highest BCUT2D eigenvalue weighted by Gasteiger charge is 2.21. The Bertz CT molecular complexity index is 1110. The third-order valence-corrected chi connectivity index (χ3v) is 4.86. The van der Waals surface area contributed by atoms with Crippen LogP contribution in [0.15, 0.2) is 54.6 Å². The van der Waals surface area contributed by atoms with Crippen molar-refractivity contribution in [1.29, 1.82) is 0 Å². The van der Waals surface area contributed by atoms with Gasteiger partial charge in [-0.1, -0.05) is 54.1 Å². The molecule has 0 spiro atoms. The van der Waals surface area contributed by atoms with Crippen molar-refractivity contribution < 1.29 is 19.1 Å². The van der Waals surface area contributed by atoms with Crippen LogP contribution in [0.5, 0.6) is 0 Å². The van der Waals surface area contributed by atoms with Gasteiger partial charge >= 0.3 is 5.97 Å². The number of amides is 2. The first-order valence-corrected chi connectivity index (χ1v) is 9.83. The molecule has 0 aliphatic heterocycles. The van der Waals surface area contributed by atoms with Crippen molar-refractivity contribution in [3.05, 3.63) is 87.7 Å². The molecule has 2 aromatic carbocycles. The van der Waals surface area contributed by atoms with E-state index in [1.165, 1.54) is 6.07 Å². The van der Waals surface area contributed by atoms with Gasteiger partial charge in [0.25, 0.3) is 11.8 Å². The summed E-state index contributed by atoms with van der Waals surface area (Å²) in [5.41, 5.74) is 7.12. The summed E-state index contributed by atoms with van der Waals surface area (Å²) in [7, 11) is 0. The Morgan fingerprint density at radius 2 is 1.68 bits per heavy atom. The maximum atomic E-state index is 12.5. The highest BCUT2D eigenvalue weighted by atomic mass is 35.5. The van der Waals surface area contributed by atoms with E-state index in [4.69, 9.17) is 16.3 Å². The van der Waals surface area contributed by atoms with E-state index in [0.717, 1.165) is 5.56 Å². The summed E-state index contributed by atoms with van der Waals surface area (Å²) >= 11 is 5.94. The van der Waals surface area contributed by atoms with E-state index in [0.29, 0.717) is 23.5 Å². The van der Waals surface area contributed by atoms with Gasteiger partial charge in [-0.2, -0.15) is 5.10 Å². The van der Waals surface area contributed by atoms with Crippen LogP contribution in [0, 0.1) is 13.8 Å². The van der Waals surface area contributed by atoms with Crippen LogP contribution >= 0.6 is 11.6 Å². The fourth-order valence-corrected chi connectivity index (χ4v) is 3.20. The number of hydrogen-bond acceptors (Lipinski definition) is 5. The Balaban J connectivity index is 1.55. The van der Waals surface area contributed by atoms with E-state index < -0.39 is 24.4 Å². The lowest BCUT2D eigenvalue weighted by Gasteiger charge is -2.09. The average molecular weight is 441 g/mol. The number of esters is 1. The maximum absolute atomic E-state index is 12.5. The van der Waals surface area contributed by atoms with Crippen molar-refractivity contribution in [2.75, 3.05) is 6.61 Å². The second-order valence-electron chi connectivity index (χ2n) is 6.75. The molecule has 0 saturated carbocycles. The van der Waals surface area contributed by atoms with Gasteiger partial charge < -0.3 is 4.74 Å². The van der Waals surface area contributed by atoms with E-state index in [-0.39, 0.29) is 10.6 Å². The zero-order valence-electron chi connectivity index (χ0n) is 17.0. The van der Waals surface area contributed by atoms with Gasteiger partial charge in [0.1, 0.15) is 5.56 Å². The minimum absolute atomic E-state index is 0.207. The van der Waals surface area contributed by atoms with Crippen LogP contribution in [0.1, 0.15) is 37.7 Å². The molecule has 2 N–H and O–H groups in total. The van der Waals surface area contributed by atoms with E-state index in [1.807, 2.05) is 30.3 Å². The lowest BCUT2D eigenvalue weighted by Crippen LogP contribution is -2.43. The summed E-state index contributed by atoms with van der Waals surface area (Å²) in [6.45, 7) is 3.41. The van der Waals surface area contributed by atoms with Gasteiger partial charge in [0.05, 0.1) is 28.5 Å². The largest absolute Gasteiger partial charge is 0.452 e. The van der Waals surface area contributed by atoms with Gasteiger partial charge in [0.2, 0.25) is 0 Å². The number of carbonyl (C=O) groups is 3. The molecule has 2 amide bonds. The molecule has 8 nitrogen and oxygen atoms in total. The third kappa shape index (κ3) is 5.49. The van der Waals surface area contributed by atoms with Crippen LogP contribution in [-0.2, 0) is 16.1 Å². The summed E-state index contributed by atoms with van der Waals surface area (Å²) in [5, 5.41) is 4.65. The number of nitrogens with zero attached hydrogens (tertiary/aromatic N) is 2. The standard InChI is InChI=1S/C22H21ClN4O4/c1-14-20(15(2)27(26-14)12-16-8-4-3-5-9-16)22(30)31-13-19(28)24-25-21(29)17-10-6-7-11-18(17)23/h3-11H,12-13H2,1-2H3,(H,24,28)(H,25,29). The predicted octanol–water partition coefficient (Wildman–Crippen LogP) is 2.82. The molecule has 0 radical (unpaired) electrons. The minimum Gasteiger partial charge on any atom is -0.452 e. The first kappa shape index (κ1) is 22.0. The molecule has 0 fully saturated rings. The van der Waals surface area contributed by atoms with Crippen LogP contribution in [0.2, 0.25) is 5.02 Å². The number of aromatic nitrogens is 2. The van der Waals surface area contributed by atoms with Gasteiger partial charge in [-0.25, -0.2) is 4.79 Å². The Morgan fingerprint density at radius 3 is 2.39 bits per heavy atom. The average Bonchev–Trinajstić information content (AvgIpc) is 3.04. The van der Waals surface area contributed by atoms with E-state index in [9.17, 15) is 14.4 Å². The number of aryl methyl sites for hydroxylation is 1. The summed E-state index contributed by atoms with van der Waals surface area (Å²) in [6.07, 6.45) is 0. The van der Waals surface area contributed by atoms with Crippen molar-refractivity contribution in [2.24, 2.45) is 0 Å². The minimum atomic E-state index is -0.694. The number of hydrogen-bond donors (Lipinski definition) is 2. The number of nitrogens with one attached hydrogen (secondary N) is 2. The molecule has 0 aliphatic carbocycles. The number of rotatable bonds is 6. The Labute approximate surface area is 184 Å². The molecule has 1 heterocycles. The van der Waals surface area contributed by atoms with Crippen molar-refractivity contribution >= 4 is 29.4 Å². The highest BCUT2D eigenvalue weighted by Crippen LogP contribution is 2.16. The lowest BCUT2D eigenvalue weighted by molar-refractivity contribution is -0.125. The maximum Gasteiger partial charge on any atom is 0.342 e. The lowest BCUT2D eigenvalue weighted by atomic mass is 10.2. The van der Waals surface area contributed by atoms with Gasteiger partial charge in [-0.05, 0) is 31.5 Å². The Kier molecular flexibility index (Phi) is 7.04. The first-order valence-electron chi connectivity index (χ1n) is 9.45. The number of carbonyl (C=O) groups excluding carboxylic acids is 3. The van der Waals surface area contributed by atoms with Gasteiger partial charge in [-0.15, -0.1) is 0 Å². The summed E-state index contributed by atoms with van der Waals surface area (Å²) < 4.78 is 6.81. The fourth-order valence-electron chi connectivity index (χ4n) is 2.98. The normalized spacial score (nSPS) is 10.4. The molecule has 0 unspecified atom stereocenters. The molecular weight excluding hydrogens is 420 g/mol. The van der Waals surface area contributed by atoms with Crippen molar-refractivity contribution in [3.8, 4) is 0 Å². The zero-order chi connectivity index (χ0) is 22.4. The van der Waals surface area contributed by atoms with E-state index >= 15 is 0 Å². The molecule has 0 atom stereocenters. The van der Waals surface area contributed by atoms with Gasteiger partial charge in [-0.3, -0.25) is 25.1 Å². The fraction of sp³-hybridized carbons (Fsp3) is 0.182. The topological polar surface area (TPSA) is 102 Å². The smallest absolute Gasteiger partial charge is 0.342 e. The zero-order valence-corrected chi connectivity index (χ0v) is 17.8. The van der Waals surface area contributed by atoms with Crippen molar-refractivity contribution in [1.82, 2.24) is 20.6 Å². The summed E-state index contributed by atoms with van der Waals surface area (Å²) in [4.78, 5) is 36.5. The van der Waals surface area contributed by atoms with Crippen LogP contribution in [0.3, 0.4) is 0 Å². The highest BCUT2D eigenvalue weighted by molar-refractivity contribution is 6.33. The number of hydrazine groups is 1. The Hall–Kier alpha value is -3.65. The SMILES string of the molecule is Cc1nn(Cc2ccccc2)c(C)c1C(=O)OCC(=O)NNC(=O)c1ccccc1Cl. The van der Waals surface area contributed by atoms with Crippen LogP contribution < -0.4 is 10.9 Å². The first-order chi connectivity index (χ1) is 14.9. The monoisotopic (exact) mass is 440 g/mol. The Morgan fingerprint density at radius 1 is 1.00 bits per heavy atom. The predicted molar refractivity (Wildman–Crippen MR) is 115 cm³/mol. The third-order valence-electron chi connectivity index (χ3n) is 4.53. The molecule has 1 aromatic heterocycles. The summed E-state index contributed by atoms with van der Waals surface area (Å²) in [6, 6.07) is 16.1. The van der Waals surface area contributed by atoms with Crippen LogP contribution in [0.4, 0.5) is 0 Å². The molecule has 31 heavy (non-hydrogen) atoms. The molecule has 0 aliphatic rings. The second kappa shape index (κ2) is 9.90. The second-order valence-corrected chi connectivity index (χ2v) is 7.15. The van der Waals surface area contributed by atoms with E-state index in [1.54, 1.807) is 36.7 Å². The quantitative estimate of drug-likeness (QED) is 0.453. The molecule has 0 bridgehead atoms. The van der Waals surface area contributed by atoms with Gasteiger partial charge in [0.15, 0.2) is 6.61 Å². The summed E-state index contributed by atoms with van der Waals surface area (Å²) in [5.74, 6) is -1.94. The van der Waals surface area contributed by atoms with E-state index in [2.05, 4.69) is 16.0 Å². The molecule has 0 saturated heterocycles. The van der Waals surface area contributed by atoms with Crippen molar-refractivity contribution in [2.45, 2.75) is 20.4 Å². The van der Waals surface area contributed by atoms with Gasteiger partial charge in [0, 0.05) is 0 Å². The van der Waals surface area contributed by atoms with Crippen LogP contribution in [0.25, 0.3) is 0 Å². The molecule has 3 aromatic rings. The molecule has 9 heteroatoms. The molecular formula is C22H21ClN4O4. The van der Waals surface area contributed by atoms with Crippen LogP contribution in [-0.4, -0.2) is 34.2 Å².